The first kappa shape index (κ1) is 21.6. The minimum atomic E-state index is -3.81. The zero-order valence-electron chi connectivity index (χ0n) is 17.6. The van der Waals surface area contributed by atoms with Crippen LogP contribution in [0.3, 0.4) is 0 Å². The van der Waals surface area contributed by atoms with Crippen molar-refractivity contribution >= 4 is 27.3 Å². The molecule has 3 rings (SSSR count). The highest BCUT2D eigenvalue weighted by molar-refractivity contribution is 7.92. The molecule has 6 heteroatoms. The number of carbonyl (C=O) groups is 1. The summed E-state index contributed by atoms with van der Waals surface area (Å²) < 4.78 is 28.1. The maximum atomic E-state index is 12.9. The summed E-state index contributed by atoms with van der Waals surface area (Å²) >= 11 is 0. The van der Waals surface area contributed by atoms with Crippen molar-refractivity contribution in [2.24, 2.45) is 0 Å². The van der Waals surface area contributed by atoms with E-state index in [1.165, 1.54) is 12.1 Å². The molecule has 0 aliphatic rings. The number of amides is 1. The topological polar surface area (TPSA) is 75.3 Å². The van der Waals surface area contributed by atoms with Crippen molar-refractivity contribution in [3.63, 3.8) is 0 Å². The average molecular weight is 423 g/mol. The van der Waals surface area contributed by atoms with Crippen LogP contribution >= 0.6 is 0 Å². The quantitative estimate of drug-likeness (QED) is 0.552. The number of nitrogens with one attached hydrogen (secondary N) is 2. The van der Waals surface area contributed by atoms with Crippen LogP contribution in [0.25, 0.3) is 0 Å². The highest BCUT2D eigenvalue weighted by Crippen LogP contribution is 2.28. The monoisotopic (exact) mass is 422 g/mol. The molecule has 0 fully saturated rings. The van der Waals surface area contributed by atoms with Crippen LogP contribution in [-0.4, -0.2) is 14.3 Å². The molecule has 1 amide bonds. The third-order valence-electron chi connectivity index (χ3n) is 4.88. The second kappa shape index (κ2) is 8.71. The summed E-state index contributed by atoms with van der Waals surface area (Å²) in [6.45, 7) is 8.00. The van der Waals surface area contributed by atoms with Crippen molar-refractivity contribution in [3.05, 3.63) is 89.0 Å². The zero-order chi connectivity index (χ0) is 21.9. The van der Waals surface area contributed by atoms with Crippen LogP contribution in [0.2, 0.25) is 0 Å². The molecular formula is C24H26N2O3S. The molecule has 2 N–H and O–H groups in total. The van der Waals surface area contributed by atoms with Gasteiger partial charge in [-0.3, -0.25) is 9.52 Å². The average Bonchev–Trinajstić information content (AvgIpc) is 2.71. The van der Waals surface area contributed by atoms with E-state index in [4.69, 9.17) is 0 Å². The lowest BCUT2D eigenvalue weighted by Crippen LogP contribution is -2.17. The largest absolute Gasteiger partial charge is 0.321 e. The van der Waals surface area contributed by atoms with Crippen LogP contribution in [0.4, 0.5) is 11.4 Å². The molecule has 5 nitrogen and oxygen atoms in total. The number of para-hydroxylation sites is 1. The Hall–Kier alpha value is -3.12. The summed E-state index contributed by atoms with van der Waals surface area (Å²) in [6.07, 6.45) is 0. The fourth-order valence-corrected chi connectivity index (χ4v) is 4.27. The Bertz CT molecular complexity index is 1170. The highest BCUT2D eigenvalue weighted by atomic mass is 32.2. The van der Waals surface area contributed by atoms with Crippen molar-refractivity contribution in [3.8, 4) is 0 Å². The van der Waals surface area contributed by atoms with E-state index in [9.17, 15) is 13.2 Å². The number of rotatable bonds is 6. The van der Waals surface area contributed by atoms with E-state index in [-0.39, 0.29) is 22.3 Å². The van der Waals surface area contributed by atoms with Crippen LogP contribution in [-0.2, 0) is 10.0 Å². The van der Waals surface area contributed by atoms with Crippen molar-refractivity contribution in [1.29, 1.82) is 0 Å². The molecular weight excluding hydrogens is 396 g/mol. The van der Waals surface area contributed by atoms with Gasteiger partial charge in [-0.2, -0.15) is 0 Å². The lowest BCUT2D eigenvalue weighted by Gasteiger charge is -2.16. The van der Waals surface area contributed by atoms with Crippen LogP contribution in [0.1, 0.15) is 46.8 Å². The van der Waals surface area contributed by atoms with Gasteiger partial charge in [0.15, 0.2) is 0 Å². The molecule has 0 saturated carbocycles. The molecule has 0 aliphatic heterocycles. The van der Waals surface area contributed by atoms with Gasteiger partial charge in [0.2, 0.25) is 0 Å². The number of benzene rings is 3. The molecule has 0 aromatic heterocycles. The smallest absolute Gasteiger partial charge is 0.261 e. The molecule has 3 aromatic carbocycles. The molecule has 0 aliphatic carbocycles. The molecule has 0 unspecified atom stereocenters. The predicted molar refractivity (Wildman–Crippen MR) is 122 cm³/mol. The van der Waals surface area contributed by atoms with Gasteiger partial charge >= 0.3 is 0 Å². The number of sulfonamides is 1. The van der Waals surface area contributed by atoms with Crippen LogP contribution in [0.5, 0.6) is 0 Å². The number of anilines is 2. The molecule has 0 radical (unpaired) electrons. The van der Waals surface area contributed by atoms with Crippen molar-refractivity contribution in [2.45, 2.75) is 38.5 Å². The summed E-state index contributed by atoms with van der Waals surface area (Å²) in [4.78, 5) is 12.9. The molecule has 0 atom stereocenters. The Morgan fingerprint density at radius 3 is 2.23 bits per heavy atom. The van der Waals surface area contributed by atoms with Gasteiger partial charge in [-0.1, -0.05) is 55.8 Å². The summed E-state index contributed by atoms with van der Waals surface area (Å²) in [6, 6.07) is 19.0. The highest BCUT2D eigenvalue weighted by Gasteiger charge is 2.18. The lowest BCUT2D eigenvalue weighted by atomic mass is 9.98. The van der Waals surface area contributed by atoms with Crippen LogP contribution in [0.15, 0.2) is 71.6 Å². The SMILES string of the molecule is Cc1ccc(NS(=O)(=O)c2cccc(C(=O)Nc3c(C)cccc3C(C)C)c2)cc1. The fraction of sp³-hybridized carbons (Fsp3) is 0.208. The first-order valence-corrected chi connectivity index (χ1v) is 11.3. The molecule has 156 valence electrons. The Balaban J connectivity index is 1.86. The second-order valence-electron chi connectivity index (χ2n) is 7.65. The van der Waals surface area contributed by atoms with Gasteiger partial charge in [-0.25, -0.2) is 8.42 Å². The summed E-state index contributed by atoms with van der Waals surface area (Å²) in [5.74, 6) is -0.107. The third kappa shape index (κ3) is 4.89. The fourth-order valence-electron chi connectivity index (χ4n) is 3.17. The normalized spacial score (nSPS) is 11.4. The molecule has 0 bridgehead atoms. The Morgan fingerprint density at radius 2 is 1.57 bits per heavy atom. The minimum Gasteiger partial charge on any atom is -0.321 e. The summed E-state index contributed by atoms with van der Waals surface area (Å²) in [7, 11) is -3.81. The van der Waals surface area contributed by atoms with Gasteiger partial charge in [0.25, 0.3) is 15.9 Å². The molecule has 30 heavy (non-hydrogen) atoms. The van der Waals surface area contributed by atoms with Gasteiger partial charge in [0.05, 0.1) is 4.90 Å². The van der Waals surface area contributed by atoms with Gasteiger partial charge < -0.3 is 5.32 Å². The summed E-state index contributed by atoms with van der Waals surface area (Å²) in [5.41, 5.74) is 4.54. The van der Waals surface area contributed by atoms with Crippen molar-refractivity contribution in [1.82, 2.24) is 0 Å². The van der Waals surface area contributed by atoms with E-state index in [0.29, 0.717) is 5.69 Å². The van der Waals surface area contributed by atoms with Gasteiger partial charge in [0, 0.05) is 16.9 Å². The number of carbonyl (C=O) groups excluding carboxylic acids is 1. The van der Waals surface area contributed by atoms with E-state index < -0.39 is 10.0 Å². The Kier molecular flexibility index (Phi) is 6.27. The van der Waals surface area contributed by atoms with Gasteiger partial charge in [-0.15, -0.1) is 0 Å². The van der Waals surface area contributed by atoms with Crippen LogP contribution < -0.4 is 10.0 Å². The Labute approximate surface area is 178 Å². The van der Waals surface area contributed by atoms with E-state index >= 15 is 0 Å². The third-order valence-corrected chi connectivity index (χ3v) is 6.25. The molecule has 0 spiro atoms. The first-order valence-electron chi connectivity index (χ1n) is 9.78. The van der Waals surface area contributed by atoms with Gasteiger partial charge in [0.1, 0.15) is 0 Å². The number of aryl methyl sites for hydroxylation is 2. The maximum Gasteiger partial charge on any atom is 0.261 e. The van der Waals surface area contributed by atoms with E-state index in [0.717, 1.165) is 22.4 Å². The van der Waals surface area contributed by atoms with Crippen molar-refractivity contribution < 1.29 is 13.2 Å². The van der Waals surface area contributed by atoms with Gasteiger partial charge in [-0.05, 0) is 61.2 Å². The number of hydrogen-bond donors (Lipinski definition) is 2. The lowest BCUT2D eigenvalue weighted by molar-refractivity contribution is 0.102. The van der Waals surface area contributed by atoms with E-state index in [1.807, 2.05) is 44.2 Å². The maximum absolute atomic E-state index is 12.9. The predicted octanol–water partition coefficient (Wildman–Crippen LogP) is 5.48. The van der Waals surface area contributed by atoms with E-state index in [2.05, 4.69) is 23.9 Å². The van der Waals surface area contributed by atoms with E-state index in [1.54, 1.807) is 24.3 Å². The first-order chi connectivity index (χ1) is 14.2. The second-order valence-corrected chi connectivity index (χ2v) is 9.33. The van der Waals surface area contributed by atoms with Crippen LogP contribution in [0, 0.1) is 13.8 Å². The van der Waals surface area contributed by atoms with Crippen molar-refractivity contribution in [2.75, 3.05) is 10.0 Å². The summed E-state index contributed by atoms with van der Waals surface area (Å²) in [5, 5.41) is 2.96. The Morgan fingerprint density at radius 1 is 0.900 bits per heavy atom. The molecule has 3 aromatic rings. The zero-order valence-corrected chi connectivity index (χ0v) is 18.4. The number of hydrogen-bond acceptors (Lipinski definition) is 3. The minimum absolute atomic E-state index is 0.0320. The molecule has 0 heterocycles. The standard InChI is InChI=1S/C24H26N2O3S/c1-16(2)22-10-5-7-18(4)23(22)25-24(27)19-8-6-9-21(15-19)30(28,29)26-20-13-11-17(3)12-14-20/h5-16,26H,1-4H3,(H,25,27). The molecule has 0 saturated heterocycles.